The first-order chi connectivity index (χ1) is 10.4. The van der Waals surface area contributed by atoms with Crippen LogP contribution in [0, 0.1) is 5.92 Å². The molecule has 0 radical (unpaired) electrons. The summed E-state index contributed by atoms with van der Waals surface area (Å²) < 4.78 is 0. The molecule has 1 N–H and O–H groups in total. The Morgan fingerprint density at radius 3 is 2.73 bits per heavy atom. The van der Waals surface area contributed by atoms with Crippen LogP contribution in [0.15, 0.2) is 18.2 Å². The Morgan fingerprint density at radius 1 is 1.27 bits per heavy atom. The van der Waals surface area contributed by atoms with Gasteiger partial charge in [0.2, 0.25) is 0 Å². The first-order valence-electron chi connectivity index (χ1n) is 7.52. The summed E-state index contributed by atoms with van der Waals surface area (Å²) in [7, 11) is 0. The molecule has 3 amide bonds. The molecule has 1 saturated heterocycles. The van der Waals surface area contributed by atoms with Crippen molar-refractivity contribution in [1.82, 2.24) is 10.2 Å². The van der Waals surface area contributed by atoms with E-state index in [2.05, 4.69) is 5.32 Å². The van der Waals surface area contributed by atoms with Crippen molar-refractivity contribution in [2.45, 2.75) is 44.7 Å². The van der Waals surface area contributed by atoms with Gasteiger partial charge in [0.05, 0.1) is 16.6 Å². The van der Waals surface area contributed by atoms with Gasteiger partial charge in [0.15, 0.2) is 0 Å². The summed E-state index contributed by atoms with van der Waals surface area (Å²) >= 11 is 11.9. The molecule has 2 fully saturated rings. The van der Waals surface area contributed by atoms with E-state index in [0.29, 0.717) is 10.0 Å². The van der Waals surface area contributed by atoms with Gasteiger partial charge in [-0.25, -0.2) is 4.79 Å². The van der Waals surface area contributed by atoms with Gasteiger partial charge >= 0.3 is 6.03 Å². The Kier molecular flexibility index (Phi) is 4.08. The smallest absolute Gasteiger partial charge is 0.323 e. The van der Waals surface area contributed by atoms with Gasteiger partial charge in [0.25, 0.3) is 5.91 Å². The van der Waals surface area contributed by atoms with Crippen molar-refractivity contribution in [3.63, 3.8) is 0 Å². The van der Waals surface area contributed by atoms with Crippen molar-refractivity contribution in [2.24, 2.45) is 5.92 Å². The quantitative estimate of drug-likeness (QED) is 0.827. The lowest BCUT2D eigenvalue weighted by molar-refractivity contribution is -0.134. The van der Waals surface area contributed by atoms with Crippen molar-refractivity contribution in [3.8, 4) is 0 Å². The van der Waals surface area contributed by atoms with Gasteiger partial charge in [-0.15, -0.1) is 0 Å². The van der Waals surface area contributed by atoms with E-state index in [1.807, 2.05) is 6.92 Å². The van der Waals surface area contributed by atoms with E-state index in [4.69, 9.17) is 23.2 Å². The molecule has 0 aromatic heterocycles. The summed E-state index contributed by atoms with van der Waals surface area (Å²) in [6.07, 6.45) is 3.76. The van der Waals surface area contributed by atoms with Gasteiger partial charge in [-0.1, -0.05) is 49.0 Å². The number of urea groups is 1. The highest BCUT2D eigenvalue weighted by molar-refractivity contribution is 6.42. The average molecular weight is 341 g/mol. The standard InChI is InChI=1S/C16H18Cl2N2O2/c1-10-4-2-3-7-16(10)14(21)20(15(22)19-16)9-11-5-6-12(17)13(18)8-11/h5-6,8,10H,2-4,7,9H2,1H3,(H,19,22)/t10?,16-/m0/s1. The summed E-state index contributed by atoms with van der Waals surface area (Å²) in [5, 5.41) is 3.82. The van der Waals surface area contributed by atoms with Crippen LogP contribution in [0.4, 0.5) is 4.79 Å². The predicted molar refractivity (Wildman–Crippen MR) is 85.9 cm³/mol. The van der Waals surface area contributed by atoms with E-state index in [1.165, 1.54) is 4.90 Å². The van der Waals surface area contributed by atoms with Gasteiger partial charge in [0.1, 0.15) is 5.54 Å². The number of carbonyl (C=O) groups is 2. The van der Waals surface area contributed by atoms with Gasteiger partial charge in [0, 0.05) is 0 Å². The number of hydrogen-bond acceptors (Lipinski definition) is 2. The summed E-state index contributed by atoms with van der Waals surface area (Å²) in [4.78, 5) is 26.4. The zero-order valence-electron chi connectivity index (χ0n) is 12.4. The number of nitrogens with zero attached hydrogens (tertiary/aromatic N) is 1. The molecule has 118 valence electrons. The van der Waals surface area contributed by atoms with Crippen LogP contribution < -0.4 is 5.32 Å². The summed E-state index contributed by atoms with van der Waals surface area (Å²) in [5.41, 5.74) is 0.0735. The van der Waals surface area contributed by atoms with E-state index in [1.54, 1.807) is 18.2 Å². The third-order valence-corrected chi connectivity index (χ3v) is 5.57. The molecule has 4 nitrogen and oxygen atoms in total. The van der Waals surface area contributed by atoms with Crippen molar-refractivity contribution in [1.29, 1.82) is 0 Å². The second-order valence-electron chi connectivity index (χ2n) is 6.19. The Morgan fingerprint density at radius 2 is 2.05 bits per heavy atom. The first kappa shape index (κ1) is 15.6. The van der Waals surface area contributed by atoms with Crippen LogP contribution in [0.25, 0.3) is 0 Å². The fraction of sp³-hybridized carbons (Fsp3) is 0.500. The van der Waals surface area contributed by atoms with Crippen molar-refractivity contribution < 1.29 is 9.59 Å². The number of nitrogens with one attached hydrogen (secondary N) is 1. The third kappa shape index (κ3) is 2.48. The third-order valence-electron chi connectivity index (χ3n) is 4.83. The molecule has 0 bridgehead atoms. The average Bonchev–Trinajstić information content (AvgIpc) is 2.71. The molecule has 22 heavy (non-hydrogen) atoms. The predicted octanol–water partition coefficient (Wildman–Crippen LogP) is 3.99. The van der Waals surface area contributed by atoms with Crippen molar-refractivity contribution >= 4 is 35.1 Å². The van der Waals surface area contributed by atoms with Gasteiger partial charge < -0.3 is 5.32 Å². The van der Waals surface area contributed by atoms with Crippen LogP contribution in [0.1, 0.15) is 38.2 Å². The number of carbonyl (C=O) groups excluding carboxylic acids is 2. The lowest BCUT2D eigenvalue weighted by Gasteiger charge is -2.36. The second kappa shape index (κ2) is 5.74. The number of hydrogen-bond donors (Lipinski definition) is 1. The Balaban J connectivity index is 1.84. The zero-order chi connectivity index (χ0) is 15.9. The minimum absolute atomic E-state index is 0.115. The van der Waals surface area contributed by atoms with E-state index >= 15 is 0 Å². The largest absolute Gasteiger partial charge is 0.325 e. The van der Waals surface area contributed by atoms with E-state index in [0.717, 1.165) is 31.2 Å². The molecule has 1 aliphatic heterocycles. The summed E-state index contributed by atoms with van der Waals surface area (Å²) in [6, 6.07) is 4.84. The maximum atomic E-state index is 12.8. The molecule has 1 unspecified atom stereocenters. The van der Waals surface area contributed by atoms with Crippen molar-refractivity contribution in [2.75, 3.05) is 0 Å². The van der Waals surface area contributed by atoms with Crippen molar-refractivity contribution in [3.05, 3.63) is 33.8 Å². The highest BCUT2D eigenvalue weighted by Crippen LogP contribution is 2.38. The molecule has 1 aliphatic carbocycles. The number of rotatable bonds is 2. The molecular weight excluding hydrogens is 323 g/mol. The van der Waals surface area contributed by atoms with Gasteiger partial charge in [-0.3, -0.25) is 9.69 Å². The van der Waals surface area contributed by atoms with E-state index < -0.39 is 5.54 Å². The van der Waals surface area contributed by atoms with Crippen LogP contribution in [0.5, 0.6) is 0 Å². The molecule has 1 heterocycles. The summed E-state index contributed by atoms with van der Waals surface area (Å²) in [5.74, 6) is 0.0484. The fourth-order valence-corrected chi connectivity index (χ4v) is 3.78. The molecule has 1 aromatic rings. The van der Waals surface area contributed by atoms with Crippen LogP contribution in [0.2, 0.25) is 10.0 Å². The first-order valence-corrected chi connectivity index (χ1v) is 8.27. The van der Waals surface area contributed by atoms with E-state index in [-0.39, 0.29) is 24.4 Å². The highest BCUT2D eigenvalue weighted by atomic mass is 35.5. The molecule has 1 saturated carbocycles. The molecule has 3 rings (SSSR count). The number of benzene rings is 1. The molecule has 1 aromatic carbocycles. The van der Waals surface area contributed by atoms with Gasteiger partial charge in [-0.2, -0.15) is 0 Å². The maximum Gasteiger partial charge on any atom is 0.325 e. The molecule has 2 aliphatic rings. The molecular formula is C16H18Cl2N2O2. The monoisotopic (exact) mass is 340 g/mol. The highest BCUT2D eigenvalue weighted by Gasteiger charge is 2.54. The minimum atomic E-state index is -0.717. The summed E-state index contributed by atoms with van der Waals surface area (Å²) in [6.45, 7) is 2.26. The number of imide groups is 1. The maximum absolute atomic E-state index is 12.8. The zero-order valence-corrected chi connectivity index (χ0v) is 13.9. The molecule has 6 heteroatoms. The Labute approximate surface area is 139 Å². The normalized spacial score (nSPS) is 28.3. The second-order valence-corrected chi connectivity index (χ2v) is 7.00. The topological polar surface area (TPSA) is 49.4 Å². The Bertz CT molecular complexity index is 635. The lowest BCUT2D eigenvalue weighted by atomic mass is 9.73. The molecule has 2 atom stereocenters. The minimum Gasteiger partial charge on any atom is -0.323 e. The number of halogens is 2. The SMILES string of the molecule is CC1CCCC[C@]12NC(=O)N(Cc1ccc(Cl)c(Cl)c1)C2=O. The Hall–Kier alpha value is -1.26. The van der Waals surface area contributed by atoms with Gasteiger partial charge in [-0.05, 0) is 36.5 Å². The van der Waals surface area contributed by atoms with Crippen LogP contribution in [0.3, 0.4) is 0 Å². The fourth-order valence-electron chi connectivity index (χ4n) is 3.46. The molecule has 1 spiro atoms. The van der Waals surface area contributed by atoms with Crippen LogP contribution >= 0.6 is 23.2 Å². The number of amides is 3. The lowest BCUT2D eigenvalue weighted by Crippen LogP contribution is -2.53. The van der Waals surface area contributed by atoms with Crippen LogP contribution in [-0.4, -0.2) is 22.4 Å². The van der Waals surface area contributed by atoms with E-state index in [9.17, 15) is 9.59 Å². The van der Waals surface area contributed by atoms with Crippen LogP contribution in [-0.2, 0) is 11.3 Å².